The SMILES string of the molecule is COCCn1ncc(NC(C)CCC(C)C)c(Br)c1=O. The number of nitrogens with one attached hydrogen (secondary N) is 1. The molecule has 1 heterocycles. The van der Waals surface area contributed by atoms with E-state index in [2.05, 4.69) is 47.1 Å². The van der Waals surface area contributed by atoms with Crippen LogP contribution >= 0.6 is 15.9 Å². The zero-order valence-electron chi connectivity index (χ0n) is 12.6. The third-order valence-electron chi connectivity index (χ3n) is 3.07. The molecule has 1 aromatic rings. The predicted octanol–water partition coefficient (Wildman–Crippen LogP) is 2.89. The van der Waals surface area contributed by atoms with Gasteiger partial charge in [-0.2, -0.15) is 5.10 Å². The minimum atomic E-state index is -0.136. The maximum absolute atomic E-state index is 12.1. The Hall–Kier alpha value is -0.880. The molecule has 5 nitrogen and oxygen atoms in total. The Balaban J connectivity index is 2.72. The molecule has 0 aliphatic carbocycles. The number of aromatic nitrogens is 2. The zero-order valence-corrected chi connectivity index (χ0v) is 14.2. The molecule has 1 atom stereocenters. The van der Waals surface area contributed by atoms with E-state index in [1.807, 2.05) is 0 Å². The van der Waals surface area contributed by atoms with Crippen LogP contribution in [0.2, 0.25) is 0 Å². The Morgan fingerprint density at radius 3 is 2.70 bits per heavy atom. The van der Waals surface area contributed by atoms with E-state index in [1.165, 1.54) is 4.68 Å². The fourth-order valence-corrected chi connectivity index (χ4v) is 2.25. The van der Waals surface area contributed by atoms with Crippen LogP contribution in [0.3, 0.4) is 0 Å². The first kappa shape index (κ1) is 17.2. The van der Waals surface area contributed by atoms with Gasteiger partial charge in [0.05, 0.1) is 25.0 Å². The fraction of sp³-hybridized carbons (Fsp3) is 0.714. The van der Waals surface area contributed by atoms with Crippen molar-refractivity contribution in [2.75, 3.05) is 19.0 Å². The quantitative estimate of drug-likeness (QED) is 0.786. The van der Waals surface area contributed by atoms with Gasteiger partial charge in [0.1, 0.15) is 4.47 Å². The van der Waals surface area contributed by atoms with Gasteiger partial charge in [0, 0.05) is 13.2 Å². The maximum Gasteiger partial charge on any atom is 0.283 e. The summed E-state index contributed by atoms with van der Waals surface area (Å²) in [7, 11) is 1.60. The molecule has 0 aliphatic heterocycles. The van der Waals surface area contributed by atoms with Crippen molar-refractivity contribution >= 4 is 21.6 Å². The molecule has 0 fully saturated rings. The van der Waals surface area contributed by atoms with E-state index in [0.29, 0.717) is 29.6 Å². The molecule has 0 spiro atoms. The van der Waals surface area contributed by atoms with Crippen LogP contribution in [0.25, 0.3) is 0 Å². The summed E-state index contributed by atoms with van der Waals surface area (Å²) in [5, 5.41) is 7.49. The molecule has 6 heteroatoms. The second-order valence-electron chi connectivity index (χ2n) is 5.41. The Morgan fingerprint density at radius 2 is 2.10 bits per heavy atom. The average Bonchev–Trinajstić information content (AvgIpc) is 2.41. The van der Waals surface area contributed by atoms with Gasteiger partial charge in [0.2, 0.25) is 0 Å². The van der Waals surface area contributed by atoms with Gasteiger partial charge in [-0.1, -0.05) is 13.8 Å². The van der Waals surface area contributed by atoms with E-state index in [4.69, 9.17) is 4.74 Å². The van der Waals surface area contributed by atoms with Crippen molar-refractivity contribution in [3.63, 3.8) is 0 Å². The number of anilines is 1. The van der Waals surface area contributed by atoms with Crippen LogP contribution in [0.15, 0.2) is 15.5 Å². The average molecular weight is 346 g/mol. The third-order valence-corrected chi connectivity index (χ3v) is 3.84. The molecule has 0 aliphatic rings. The Kier molecular flexibility index (Phi) is 7.23. The lowest BCUT2D eigenvalue weighted by Gasteiger charge is -2.17. The number of hydrogen-bond acceptors (Lipinski definition) is 4. The molecule has 0 amide bonds. The number of methoxy groups -OCH3 is 1. The highest BCUT2D eigenvalue weighted by atomic mass is 79.9. The molecule has 0 saturated heterocycles. The van der Waals surface area contributed by atoms with E-state index in [-0.39, 0.29) is 5.56 Å². The van der Waals surface area contributed by atoms with Gasteiger partial charge in [-0.05, 0) is 41.6 Å². The fourth-order valence-electron chi connectivity index (χ4n) is 1.82. The largest absolute Gasteiger partial charge is 0.383 e. The van der Waals surface area contributed by atoms with Gasteiger partial charge in [0.25, 0.3) is 5.56 Å². The van der Waals surface area contributed by atoms with Gasteiger partial charge < -0.3 is 10.1 Å². The monoisotopic (exact) mass is 345 g/mol. The minimum absolute atomic E-state index is 0.136. The van der Waals surface area contributed by atoms with Crippen molar-refractivity contribution in [2.45, 2.75) is 46.2 Å². The zero-order chi connectivity index (χ0) is 15.1. The molecule has 1 aromatic heterocycles. The number of hydrogen-bond donors (Lipinski definition) is 1. The maximum atomic E-state index is 12.1. The summed E-state index contributed by atoms with van der Waals surface area (Å²) in [6.07, 6.45) is 3.91. The topological polar surface area (TPSA) is 56.1 Å². The van der Waals surface area contributed by atoms with Crippen LogP contribution in [0.4, 0.5) is 5.69 Å². The number of nitrogens with zero attached hydrogens (tertiary/aromatic N) is 2. The first-order chi connectivity index (χ1) is 9.45. The van der Waals surface area contributed by atoms with Gasteiger partial charge in [-0.15, -0.1) is 0 Å². The Labute approximate surface area is 128 Å². The third kappa shape index (κ3) is 5.25. The van der Waals surface area contributed by atoms with Crippen molar-refractivity contribution in [3.8, 4) is 0 Å². The minimum Gasteiger partial charge on any atom is -0.383 e. The molecule has 20 heavy (non-hydrogen) atoms. The highest BCUT2D eigenvalue weighted by Crippen LogP contribution is 2.19. The second kappa shape index (κ2) is 8.42. The van der Waals surface area contributed by atoms with Crippen molar-refractivity contribution in [2.24, 2.45) is 5.92 Å². The molecular formula is C14H24BrN3O2. The van der Waals surface area contributed by atoms with Crippen LogP contribution in [-0.4, -0.2) is 29.5 Å². The molecule has 0 aromatic carbocycles. The molecule has 0 radical (unpaired) electrons. The summed E-state index contributed by atoms with van der Waals surface area (Å²) in [4.78, 5) is 12.1. The molecule has 114 valence electrons. The van der Waals surface area contributed by atoms with E-state index in [1.54, 1.807) is 13.3 Å². The van der Waals surface area contributed by atoms with Gasteiger partial charge in [-0.25, -0.2) is 4.68 Å². The van der Waals surface area contributed by atoms with Crippen molar-refractivity contribution in [1.29, 1.82) is 0 Å². The smallest absolute Gasteiger partial charge is 0.283 e. The number of rotatable bonds is 8. The molecular weight excluding hydrogens is 322 g/mol. The summed E-state index contributed by atoms with van der Waals surface area (Å²) in [5.41, 5.74) is 0.614. The molecule has 1 unspecified atom stereocenters. The normalized spacial score (nSPS) is 12.7. The second-order valence-corrected chi connectivity index (χ2v) is 6.20. The van der Waals surface area contributed by atoms with Crippen LogP contribution in [-0.2, 0) is 11.3 Å². The lowest BCUT2D eigenvalue weighted by atomic mass is 10.0. The van der Waals surface area contributed by atoms with Crippen LogP contribution in [0, 0.1) is 5.92 Å². The number of halogens is 1. The summed E-state index contributed by atoms with van der Waals surface area (Å²) in [6, 6.07) is 0.310. The molecule has 0 bridgehead atoms. The van der Waals surface area contributed by atoms with Crippen LogP contribution < -0.4 is 10.9 Å². The first-order valence-corrected chi connectivity index (χ1v) is 7.76. The molecule has 0 saturated carbocycles. The summed E-state index contributed by atoms with van der Waals surface area (Å²) < 4.78 is 6.89. The summed E-state index contributed by atoms with van der Waals surface area (Å²) in [6.45, 7) is 7.46. The lowest BCUT2D eigenvalue weighted by Crippen LogP contribution is -2.27. The predicted molar refractivity (Wildman–Crippen MR) is 85.2 cm³/mol. The summed E-state index contributed by atoms with van der Waals surface area (Å²) in [5.74, 6) is 0.683. The Bertz CT molecular complexity index is 474. The summed E-state index contributed by atoms with van der Waals surface area (Å²) >= 11 is 3.35. The Morgan fingerprint density at radius 1 is 1.40 bits per heavy atom. The van der Waals surface area contributed by atoms with Crippen LogP contribution in [0.5, 0.6) is 0 Å². The lowest BCUT2D eigenvalue weighted by molar-refractivity contribution is 0.181. The van der Waals surface area contributed by atoms with E-state index in [0.717, 1.165) is 18.5 Å². The van der Waals surface area contributed by atoms with E-state index < -0.39 is 0 Å². The van der Waals surface area contributed by atoms with Crippen LogP contribution in [0.1, 0.15) is 33.6 Å². The standard InChI is InChI=1S/C14H24BrN3O2/c1-10(2)5-6-11(3)17-12-9-16-18(7-8-20-4)14(19)13(12)15/h9-11,17H,5-8H2,1-4H3. The highest BCUT2D eigenvalue weighted by Gasteiger charge is 2.11. The van der Waals surface area contributed by atoms with Crippen molar-refractivity contribution < 1.29 is 4.74 Å². The molecule has 1 rings (SSSR count). The van der Waals surface area contributed by atoms with Gasteiger partial charge >= 0.3 is 0 Å². The molecule has 1 N–H and O–H groups in total. The van der Waals surface area contributed by atoms with Gasteiger partial charge in [-0.3, -0.25) is 4.79 Å². The first-order valence-electron chi connectivity index (χ1n) is 6.96. The van der Waals surface area contributed by atoms with Crippen molar-refractivity contribution in [1.82, 2.24) is 9.78 Å². The van der Waals surface area contributed by atoms with E-state index >= 15 is 0 Å². The van der Waals surface area contributed by atoms with E-state index in [9.17, 15) is 4.79 Å². The number of ether oxygens (including phenoxy) is 1. The van der Waals surface area contributed by atoms with Crippen molar-refractivity contribution in [3.05, 3.63) is 21.0 Å². The highest BCUT2D eigenvalue weighted by molar-refractivity contribution is 9.10. The van der Waals surface area contributed by atoms with Gasteiger partial charge in [0.15, 0.2) is 0 Å².